The number of benzene rings is 3. The van der Waals surface area contributed by atoms with Gasteiger partial charge in [0.2, 0.25) is 0 Å². The molecule has 1 aliphatic rings. The third-order valence-electron chi connectivity index (χ3n) is 4.06. The second-order valence-corrected chi connectivity index (χ2v) is 5.93. The SMILES string of the molecule is Clc1ccc(C(=C2[C]=CC=C2)c2cccc3ccccc23)cc1. The largest absolute Gasteiger partial charge is 0.0843 e. The Morgan fingerprint density at radius 1 is 0.826 bits per heavy atom. The van der Waals surface area contributed by atoms with Gasteiger partial charge in [0.25, 0.3) is 0 Å². The molecule has 0 heterocycles. The Balaban J connectivity index is 2.03. The van der Waals surface area contributed by atoms with E-state index >= 15 is 0 Å². The van der Waals surface area contributed by atoms with Crippen LogP contribution in [0, 0.1) is 6.08 Å². The molecule has 109 valence electrons. The maximum atomic E-state index is 6.07. The Kier molecular flexibility index (Phi) is 3.61. The molecule has 0 nitrogen and oxygen atoms in total. The lowest BCUT2D eigenvalue weighted by Crippen LogP contribution is -1.93. The molecule has 0 saturated carbocycles. The third-order valence-corrected chi connectivity index (χ3v) is 4.31. The van der Waals surface area contributed by atoms with Gasteiger partial charge in [-0.05, 0) is 51.3 Å². The van der Waals surface area contributed by atoms with Crippen molar-refractivity contribution >= 4 is 27.9 Å². The van der Waals surface area contributed by atoms with Gasteiger partial charge in [-0.2, -0.15) is 0 Å². The van der Waals surface area contributed by atoms with Crippen molar-refractivity contribution in [2.24, 2.45) is 0 Å². The van der Waals surface area contributed by atoms with Gasteiger partial charge in [-0.25, -0.2) is 0 Å². The summed E-state index contributed by atoms with van der Waals surface area (Å²) in [6, 6.07) is 22.9. The highest BCUT2D eigenvalue weighted by Crippen LogP contribution is 2.34. The van der Waals surface area contributed by atoms with E-state index in [-0.39, 0.29) is 0 Å². The summed E-state index contributed by atoms with van der Waals surface area (Å²) < 4.78 is 0. The summed E-state index contributed by atoms with van der Waals surface area (Å²) in [5.41, 5.74) is 4.65. The molecule has 3 aromatic carbocycles. The van der Waals surface area contributed by atoms with E-state index < -0.39 is 0 Å². The van der Waals surface area contributed by atoms with Crippen molar-refractivity contribution < 1.29 is 0 Å². The van der Waals surface area contributed by atoms with Gasteiger partial charge < -0.3 is 0 Å². The van der Waals surface area contributed by atoms with Crippen LogP contribution in [0.4, 0.5) is 0 Å². The fourth-order valence-electron chi connectivity index (χ4n) is 3.00. The Morgan fingerprint density at radius 2 is 1.61 bits per heavy atom. The summed E-state index contributed by atoms with van der Waals surface area (Å²) in [7, 11) is 0. The second kappa shape index (κ2) is 5.91. The van der Waals surface area contributed by atoms with E-state index in [1.54, 1.807) is 0 Å². The molecule has 1 aliphatic carbocycles. The third kappa shape index (κ3) is 2.62. The second-order valence-electron chi connectivity index (χ2n) is 5.49. The average Bonchev–Trinajstić information content (AvgIpc) is 3.11. The van der Waals surface area contributed by atoms with Crippen LogP contribution in [0.3, 0.4) is 0 Å². The minimum Gasteiger partial charge on any atom is -0.0843 e. The fraction of sp³-hybridized carbons (Fsp3) is 0. The molecule has 1 radical (unpaired) electrons. The van der Waals surface area contributed by atoms with Crippen LogP contribution < -0.4 is 0 Å². The lowest BCUT2D eigenvalue weighted by Gasteiger charge is -2.14. The molecular weight excluding hydrogens is 300 g/mol. The maximum absolute atomic E-state index is 6.07. The zero-order valence-electron chi connectivity index (χ0n) is 12.5. The first kappa shape index (κ1) is 14.0. The highest BCUT2D eigenvalue weighted by atomic mass is 35.5. The van der Waals surface area contributed by atoms with E-state index in [1.165, 1.54) is 21.9 Å². The van der Waals surface area contributed by atoms with E-state index in [0.717, 1.165) is 16.2 Å². The molecule has 0 aromatic heterocycles. The van der Waals surface area contributed by atoms with Crippen LogP contribution in [-0.4, -0.2) is 0 Å². The summed E-state index contributed by atoms with van der Waals surface area (Å²) in [6.45, 7) is 0. The van der Waals surface area contributed by atoms with E-state index in [0.29, 0.717) is 0 Å². The molecule has 4 rings (SSSR count). The Labute approximate surface area is 141 Å². The van der Waals surface area contributed by atoms with E-state index in [2.05, 4.69) is 66.7 Å². The quantitative estimate of drug-likeness (QED) is 0.526. The van der Waals surface area contributed by atoms with Crippen LogP contribution in [0.25, 0.3) is 16.3 Å². The standard InChI is InChI=1S/C22H14Cl/c23-19-14-12-18(13-15-19)22(17-7-1-2-8-17)21-11-5-9-16-6-3-4-10-20(16)21/h1-7,9-15H. The van der Waals surface area contributed by atoms with Crippen molar-refractivity contribution in [1.29, 1.82) is 0 Å². The van der Waals surface area contributed by atoms with Crippen LogP contribution in [0.1, 0.15) is 11.1 Å². The number of hydrogen-bond acceptors (Lipinski definition) is 0. The van der Waals surface area contributed by atoms with Crippen molar-refractivity contribution in [2.75, 3.05) is 0 Å². The average molecular weight is 314 g/mol. The van der Waals surface area contributed by atoms with Gasteiger partial charge >= 0.3 is 0 Å². The molecule has 0 atom stereocenters. The number of hydrogen-bond donors (Lipinski definition) is 0. The summed E-state index contributed by atoms with van der Waals surface area (Å²) >= 11 is 6.07. The van der Waals surface area contributed by atoms with Crippen LogP contribution in [0.5, 0.6) is 0 Å². The number of halogens is 1. The van der Waals surface area contributed by atoms with Crippen LogP contribution in [-0.2, 0) is 0 Å². The summed E-state index contributed by atoms with van der Waals surface area (Å²) in [6.07, 6.45) is 9.43. The molecule has 1 heteroatoms. The van der Waals surface area contributed by atoms with Crippen LogP contribution >= 0.6 is 11.6 Å². The van der Waals surface area contributed by atoms with Gasteiger partial charge in [0.1, 0.15) is 0 Å². The molecule has 0 spiro atoms. The van der Waals surface area contributed by atoms with Crippen molar-refractivity contribution in [1.82, 2.24) is 0 Å². The molecular formula is C22H14Cl. The minimum atomic E-state index is 0.748. The number of rotatable bonds is 2. The van der Waals surface area contributed by atoms with E-state index in [4.69, 9.17) is 11.6 Å². The van der Waals surface area contributed by atoms with Crippen molar-refractivity contribution in [2.45, 2.75) is 0 Å². The van der Waals surface area contributed by atoms with Gasteiger partial charge in [-0.1, -0.05) is 84.4 Å². The summed E-state index contributed by atoms with van der Waals surface area (Å²) in [4.78, 5) is 0. The fourth-order valence-corrected chi connectivity index (χ4v) is 3.13. The van der Waals surface area contributed by atoms with Crippen LogP contribution in [0.15, 0.2) is 90.5 Å². The molecule has 0 amide bonds. The topological polar surface area (TPSA) is 0 Å². The van der Waals surface area contributed by atoms with Crippen molar-refractivity contribution in [3.8, 4) is 0 Å². The first-order valence-corrected chi connectivity index (χ1v) is 7.95. The predicted octanol–water partition coefficient (Wildman–Crippen LogP) is 6.22. The van der Waals surface area contributed by atoms with E-state index in [9.17, 15) is 0 Å². The Bertz CT molecular complexity index is 937. The van der Waals surface area contributed by atoms with Gasteiger partial charge in [-0.15, -0.1) is 0 Å². The summed E-state index contributed by atoms with van der Waals surface area (Å²) in [5, 5.41) is 3.23. The highest BCUT2D eigenvalue weighted by Gasteiger charge is 2.13. The lowest BCUT2D eigenvalue weighted by molar-refractivity contribution is 1.54. The van der Waals surface area contributed by atoms with E-state index in [1.807, 2.05) is 24.3 Å². The maximum Gasteiger partial charge on any atom is 0.0406 e. The molecule has 0 fully saturated rings. The molecule has 0 N–H and O–H groups in total. The summed E-state index contributed by atoms with van der Waals surface area (Å²) in [5.74, 6) is 0. The monoisotopic (exact) mass is 313 g/mol. The Morgan fingerprint density at radius 3 is 2.39 bits per heavy atom. The molecule has 0 bridgehead atoms. The lowest BCUT2D eigenvalue weighted by atomic mass is 9.90. The number of fused-ring (bicyclic) bond motifs is 1. The molecule has 23 heavy (non-hydrogen) atoms. The normalized spacial score (nSPS) is 15.3. The van der Waals surface area contributed by atoms with Crippen LogP contribution in [0.2, 0.25) is 5.02 Å². The first-order valence-electron chi connectivity index (χ1n) is 7.58. The van der Waals surface area contributed by atoms with Gasteiger partial charge in [-0.3, -0.25) is 0 Å². The predicted molar refractivity (Wildman–Crippen MR) is 98.4 cm³/mol. The zero-order valence-corrected chi connectivity index (χ0v) is 13.2. The van der Waals surface area contributed by atoms with Gasteiger partial charge in [0, 0.05) is 5.02 Å². The van der Waals surface area contributed by atoms with Gasteiger partial charge in [0.05, 0.1) is 0 Å². The first-order chi connectivity index (χ1) is 11.3. The highest BCUT2D eigenvalue weighted by molar-refractivity contribution is 6.30. The molecule has 0 saturated heterocycles. The minimum absolute atomic E-state index is 0.748. The smallest absolute Gasteiger partial charge is 0.0406 e. The number of allylic oxidation sites excluding steroid dienone is 5. The van der Waals surface area contributed by atoms with Gasteiger partial charge in [0.15, 0.2) is 0 Å². The molecule has 0 unspecified atom stereocenters. The van der Waals surface area contributed by atoms with Crippen molar-refractivity contribution in [3.63, 3.8) is 0 Å². The zero-order chi connectivity index (χ0) is 15.6. The van der Waals surface area contributed by atoms with Crippen molar-refractivity contribution in [3.05, 3.63) is 113 Å². The Hall–Kier alpha value is -2.57. The molecule has 3 aromatic rings. The molecule has 0 aliphatic heterocycles.